The van der Waals surface area contributed by atoms with Gasteiger partial charge in [-0.2, -0.15) is 0 Å². The summed E-state index contributed by atoms with van der Waals surface area (Å²) < 4.78 is 5.49. The summed E-state index contributed by atoms with van der Waals surface area (Å²) in [6.07, 6.45) is 2.79. The number of fused-ring (bicyclic) bond motifs is 1. The van der Waals surface area contributed by atoms with Gasteiger partial charge in [0.1, 0.15) is 5.75 Å². The molecule has 2 amide bonds. The Balaban J connectivity index is 1.71. The van der Waals surface area contributed by atoms with E-state index in [1.165, 1.54) is 0 Å². The molecule has 5 nitrogen and oxygen atoms in total. The van der Waals surface area contributed by atoms with Gasteiger partial charge in [0.25, 0.3) is 0 Å². The van der Waals surface area contributed by atoms with E-state index in [9.17, 15) is 9.90 Å². The van der Waals surface area contributed by atoms with Gasteiger partial charge in [-0.1, -0.05) is 30.3 Å². The number of rotatable bonds is 4. The lowest BCUT2D eigenvalue weighted by Crippen LogP contribution is -2.40. The molecule has 2 aromatic carbocycles. The number of aliphatic hydroxyl groups is 1. The molecule has 2 aromatic rings. The lowest BCUT2D eigenvalue weighted by atomic mass is 10.0. The summed E-state index contributed by atoms with van der Waals surface area (Å²) in [5, 5.41) is 14.6. The Kier molecular flexibility index (Phi) is 5.76. The summed E-state index contributed by atoms with van der Waals surface area (Å²) in [6, 6.07) is 12.0. The first kappa shape index (κ1) is 17.5. The minimum absolute atomic E-state index is 0.0476. The zero-order valence-corrected chi connectivity index (χ0v) is 14.7. The van der Waals surface area contributed by atoms with Crippen LogP contribution in [-0.2, 0) is 6.54 Å². The molecule has 1 aliphatic rings. The summed E-state index contributed by atoms with van der Waals surface area (Å²) >= 11 is 0. The molecule has 0 radical (unpaired) electrons. The highest BCUT2D eigenvalue weighted by molar-refractivity contribution is 5.88. The fourth-order valence-corrected chi connectivity index (χ4v) is 3.52. The van der Waals surface area contributed by atoms with Crippen LogP contribution in [0.25, 0.3) is 10.8 Å². The molecule has 0 bridgehead atoms. The molecule has 3 rings (SSSR count). The van der Waals surface area contributed by atoms with Crippen LogP contribution < -0.4 is 10.1 Å². The largest absolute Gasteiger partial charge is 0.496 e. The summed E-state index contributed by atoms with van der Waals surface area (Å²) in [5.74, 6) is 1.10. The van der Waals surface area contributed by atoms with Crippen molar-refractivity contribution in [3.05, 3.63) is 42.0 Å². The van der Waals surface area contributed by atoms with E-state index in [-0.39, 0.29) is 12.6 Å². The Morgan fingerprint density at radius 3 is 2.88 bits per heavy atom. The SMILES string of the molecule is COc1ccc2ccccc2c1CNC(=O)N1CCCC(CO)CC1. The second-order valence-corrected chi connectivity index (χ2v) is 6.59. The molecule has 25 heavy (non-hydrogen) atoms. The summed E-state index contributed by atoms with van der Waals surface area (Å²) in [6.45, 7) is 2.09. The Labute approximate surface area is 148 Å². The number of benzene rings is 2. The van der Waals surface area contributed by atoms with Crippen LogP contribution in [0.3, 0.4) is 0 Å². The average Bonchev–Trinajstić information content (AvgIpc) is 2.91. The molecule has 0 spiro atoms. The van der Waals surface area contributed by atoms with Crippen LogP contribution in [0.2, 0.25) is 0 Å². The van der Waals surface area contributed by atoms with Crippen molar-refractivity contribution in [3.63, 3.8) is 0 Å². The van der Waals surface area contributed by atoms with Crippen molar-refractivity contribution in [2.75, 3.05) is 26.8 Å². The molecule has 2 N–H and O–H groups in total. The van der Waals surface area contributed by atoms with E-state index >= 15 is 0 Å². The Bertz CT molecular complexity index is 732. The van der Waals surface area contributed by atoms with Crippen LogP contribution in [-0.4, -0.2) is 42.8 Å². The number of hydrogen-bond donors (Lipinski definition) is 2. The molecule has 1 saturated heterocycles. The number of hydrogen-bond acceptors (Lipinski definition) is 3. The predicted octanol–water partition coefficient (Wildman–Crippen LogP) is 3.15. The third-order valence-electron chi connectivity index (χ3n) is 5.03. The Hall–Kier alpha value is -2.27. The van der Waals surface area contributed by atoms with Gasteiger partial charge in [0.15, 0.2) is 0 Å². The quantitative estimate of drug-likeness (QED) is 0.897. The van der Waals surface area contributed by atoms with Crippen LogP contribution in [0.1, 0.15) is 24.8 Å². The van der Waals surface area contributed by atoms with Crippen molar-refractivity contribution in [2.45, 2.75) is 25.8 Å². The molecule has 1 atom stereocenters. The normalized spacial score (nSPS) is 18.0. The number of carbonyl (C=O) groups excluding carboxylic acids is 1. The standard InChI is InChI=1S/C20H26N2O3/c1-25-19-9-8-16-6-2-3-7-17(16)18(19)13-21-20(24)22-11-4-5-15(14-23)10-12-22/h2-3,6-9,15,23H,4-5,10-14H2,1H3,(H,21,24). The molecular weight excluding hydrogens is 316 g/mol. The number of nitrogens with zero attached hydrogens (tertiary/aromatic N) is 1. The number of methoxy groups -OCH3 is 1. The zero-order chi connectivity index (χ0) is 17.6. The van der Waals surface area contributed by atoms with Gasteiger partial charge < -0.3 is 20.1 Å². The topological polar surface area (TPSA) is 61.8 Å². The third-order valence-corrected chi connectivity index (χ3v) is 5.03. The van der Waals surface area contributed by atoms with Crippen LogP contribution >= 0.6 is 0 Å². The molecule has 1 heterocycles. The average molecular weight is 342 g/mol. The van der Waals surface area contributed by atoms with E-state index in [2.05, 4.69) is 17.4 Å². The van der Waals surface area contributed by atoms with Crippen LogP contribution in [0.15, 0.2) is 36.4 Å². The second kappa shape index (κ2) is 8.21. The number of ether oxygens (including phenoxy) is 1. The fraction of sp³-hybridized carbons (Fsp3) is 0.450. The summed E-state index contributed by atoms with van der Waals surface area (Å²) in [5.41, 5.74) is 0.997. The van der Waals surface area contributed by atoms with E-state index in [0.717, 1.165) is 47.9 Å². The Morgan fingerprint density at radius 2 is 2.08 bits per heavy atom. The zero-order valence-electron chi connectivity index (χ0n) is 14.7. The molecule has 0 aromatic heterocycles. The van der Waals surface area contributed by atoms with Crippen molar-refractivity contribution in [2.24, 2.45) is 5.92 Å². The maximum Gasteiger partial charge on any atom is 0.317 e. The van der Waals surface area contributed by atoms with Gasteiger partial charge in [0.05, 0.1) is 7.11 Å². The third kappa shape index (κ3) is 4.04. The predicted molar refractivity (Wildman–Crippen MR) is 98.7 cm³/mol. The van der Waals surface area contributed by atoms with E-state index in [1.54, 1.807) is 7.11 Å². The van der Waals surface area contributed by atoms with Crippen LogP contribution in [0.4, 0.5) is 4.79 Å². The molecule has 1 unspecified atom stereocenters. The number of carbonyl (C=O) groups is 1. The molecular formula is C20H26N2O3. The fourth-order valence-electron chi connectivity index (χ4n) is 3.52. The Morgan fingerprint density at radius 1 is 1.24 bits per heavy atom. The minimum atomic E-state index is -0.0476. The van der Waals surface area contributed by atoms with Crippen LogP contribution in [0.5, 0.6) is 5.75 Å². The van der Waals surface area contributed by atoms with E-state index in [4.69, 9.17) is 4.74 Å². The molecule has 1 fully saturated rings. The lowest BCUT2D eigenvalue weighted by molar-refractivity contribution is 0.192. The minimum Gasteiger partial charge on any atom is -0.496 e. The van der Waals surface area contributed by atoms with Gasteiger partial charge in [-0.25, -0.2) is 4.79 Å². The molecule has 5 heteroatoms. The molecule has 1 aliphatic heterocycles. The van der Waals surface area contributed by atoms with Crippen molar-refractivity contribution in [3.8, 4) is 5.75 Å². The molecule has 134 valence electrons. The smallest absolute Gasteiger partial charge is 0.317 e. The summed E-state index contributed by atoms with van der Waals surface area (Å²) in [7, 11) is 1.65. The number of aliphatic hydroxyl groups excluding tert-OH is 1. The highest BCUT2D eigenvalue weighted by Gasteiger charge is 2.20. The van der Waals surface area contributed by atoms with Gasteiger partial charge in [-0.3, -0.25) is 0 Å². The molecule has 0 aliphatic carbocycles. The van der Waals surface area contributed by atoms with Gasteiger partial charge in [-0.05, 0) is 42.0 Å². The highest BCUT2D eigenvalue weighted by Crippen LogP contribution is 2.28. The first-order valence-corrected chi connectivity index (χ1v) is 8.91. The van der Waals surface area contributed by atoms with Gasteiger partial charge in [0, 0.05) is 31.8 Å². The van der Waals surface area contributed by atoms with Crippen molar-refractivity contribution in [1.29, 1.82) is 0 Å². The lowest BCUT2D eigenvalue weighted by Gasteiger charge is -2.22. The van der Waals surface area contributed by atoms with Crippen molar-refractivity contribution >= 4 is 16.8 Å². The monoisotopic (exact) mass is 342 g/mol. The second-order valence-electron chi connectivity index (χ2n) is 6.59. The summed E-state index contributed by atoms with van der Waals surface area (Å²) in [4.78, 5) is 14.4. The first-order valence-electron chi connectivity index (χ1n) is 8.91. The number of nitrogens with one attached hydrogen (secondary N) is 1. The van der Waals surface area contributed by atoms with E-state index in [0.29, 0.717) is 19.0 Å². The van der Waals surface area contributed by atoms with Gasteiger partial charge in [-0.15, -0.1) is 0 Å². The van der Waals surface area contributed by atoms with Crippen molar-refractivity contribution in [1.82, 2.24) is 10.2 Å². The highest BCUT2D eigenvalue weighted by atomic mass is 16.5. The number of likely N-dealkylation sites (tertiary alicyclic amines) is 1. The van der Waals surface area contributed by atoms with E-state index < -0.39 is 0 Å². The van der Waals surface area contributed by atoms with Gasteiger partial charge >= 0.3 is 6.03 Å². The molecule has 0 saturated carbocycles. The van der Waals surface area contributed by atoms with E-state index in [1.807, 2.05) is 29.2 Å². The first-order chi connectivity index (χ1) is 12.2. The number of urea groups is 1. The number of amides is 2. The maximum atomic E-state index is 12.6. The van der Waals surface area contributed by atoms with Crippen LogP contribution in [0, 0.1) is 5.92 Å². The van der Waals surface area contributed by atoms with Crippen molar-refractivity contribution < 1.29 is 14.6 Å². The van der Waals surface area contributed by atoms with Gasteiger partial charge in [0.2, 0.25) is 0 Å². The maximum absolute atomic E-state index is 12.6.